The third kappa shape index (κ3) is 5.05. The van der Waals surface area contributed by atoms with Crippen LogP contribution in [-0.4, -0.2) is 41.3 Å². The molecule has 180 valence electrons. The summed E-state index contributed by atoms with van der Waals surface area (Å²) in [6.45, 7) is 4.74. The van der Waals surface area contributed by atoms with Gasteiger partial charge >= 0.3 is 0 Å². The van der Waals surface area contributed by atoms with Gasteiger partial charge < -0.3 is 5.32 Å². The number of carbonyl (C=O) groups is 1. The number of hydrogen-bond acceptors (Lipinski definition) is 5. The van der Waals surface area contributed by atoms with Crippen molar-refractivity contribution in [2.75, 3.05) is 13.1 Å². The van der Waals surface area contributed by atoms with E-state index in [0.717, 1.165) is 18.4 Å². The molecule has 0 aliphatic heterocycles. The van der Waals surface area contributed by atoms with Crippen LogP contribution in [0.25, 0.3) is 10.9 Å². The van der Waals surface area contributed by atoms with Crippen molar-refractivity contribution in [2.24, 2.45) is 0 Å². The topological polar surface area (TPSA) is 101 Å². The Morgan fingerprint density at radius 1 is 1.09 bits per heavy atom. The average molecular weight is 483 g/mol. The molecule has 1 fully saturated rings. The Morgan fingerprint density at radius 3 is 2.41 bits per heavy atom. The quantitative estimate of drug-likeness (QED) is 0.479. The lowest BCUT2D eigenvalue weighted by atomic mass is 10.2. The van der Waals surface area contributed by atoms with Crippen LogP contribution in [0.4, 0.5) is 0 Å². The molecule has 4 rings (SSSR count). The Kier molecular flexibility index (Phi) is 7.13. The number of amides is 1. The lowest BCUT2D eigenvalue weighted by molar-refractivity contribution is -0.121. The van der Waals surface area contributed by atoms with E-state index in [2.05, 4.69) is 10.3 Å². The molecule has 0 unspecified atom stereocenters. The lowest BCUT2D eigenvalue weighted by Gasteiger charge is -2.18. The van der Waals surface area contributed by atoms with Crippen molar-refractivity contribution in [3.05, 3.63) is 70.3 Å². The SMILES string of the molecule is CCN(CC)S(=O)(=O)c1ccc(CNC(=O)CCc2nc3ccccc3c(=O)n2C2CC2)cc1. The van der Waals surface area contributed by atoms with Crippen LogP contribution in [0.5, 0.6) is 0 Å². The summed E-state index contributed by atoms with van der Waals surface area (Å²) in [5, 5.41) is 3.48. The fraction of sp³-hybridized carbons (Fsp3) is 0.400. The normalized spacial score (nSPS) is 14.0. The van der Waals surface area contributed by atoms with E-state index in [0.29, 0.717) is 42.8 Å². The largest absolute Gasteiger partial charge is 0.352 e. The molecular formula is C25H30N4O4S. The predicted octanol–water partition coefficient (Wildman–Crippen LogP) is 3.01. The Balaban J connectivity index is 1.39. The van der Waals surface area contributed by atoms with E-state index in [1.54, 1.807) is 34.9 Å². The number of aryl methyl sites for hydroxylation is 1. The van der Waals surface area contributed by atoms with Gasteiger partial charge in [0.15, 0.2) is 0 Å². The van der Waals surface area contributed by atoms with Crippen molar-refractivity contribution >= 4 is 26.8 Å². The predicted molar refractivity (Wildman–Crippen MR) is 131 cm³/mol. The molecule has 1 N–H and O–H groups in total. The number of para-hydroxylation sites is 1. The van der Waals surface area contributed by atoms with E-state index in [-0.39, 0.29) is 28.8 Å². The van der Waals surface area contributed by atoms with Gasteiger partial charge in [0.2, 0.25) is 15.9 Å². The van der Waals surface area contributed by atoms with Crippen LogP contribution in [0.2, 0.25) is 0 Å². The summed E-state index contributed by atoms with van der Waals surface area (Å²) in [4.78, 5) is 30.4. The van der Waals surface area contributed by atoms with E-state index in [4.69, 9.17) is 0 Å². The summed E-state index contributed by atoms with van der Waals surface area (Å²) in [5.41, 5.74) is 1.42. The minimum absolute atomic E-state index is 0.0386. The first-order chi connectivity index (χ1) is 16.3. The second-order valence-electron chi connectivity index (χ2n) is 8.46. The molecule has 8 nitrogen and oxygen atoms in total. The van der Waals surface area contributed by atoms with E-state index in [1.807, 2.05) is 32.0 Å². The molecule has 1 aromatic heterocycles. The van der Waals surface area contributed by atoms with E-state index in [9.17, 15) is 18.0 Å². The molecule has 3 aromatic rings. The van der Waals surface area contributed by atoms with E-state index in [1.165, 1.54) is 4.31 Å². The summed E-state index contributed by atoms with van der Waals surface area (Å²) in [5.74, 6) is 0.497. The maximum Gasteiger partial charge on any atom is 0.261 e. The van der Waals surface area contributed by atoms with Crippen LogP contribution in [0, 0.1) is 0 Å². The van der Waals surface area contributed by atoms with Crippen molar-refractivity contribution < 1.29 is 13.2 Å². The molecule has 1 amide bonds. The second-order valence-corrected chi connectivity index (χ2v) is 10.4. The highest BCUT2D eigenvalue weighted by Crippen LogP contribution is 2.34. The van der Waals surface area contributed by atoms with Crippen LogP contribution >= 0.6 is 0 Å². The summed E-state index contributed by atoms with van der Waals surface area (Å²) >= 11 is 0. The van der Waals surface area contributed by atoms with Gasteiger partial charge in [0.05, 0.1) is 15.8 Å². The summed E-state index contributed by atoms with van der Waals surface area (Å²) in [6.07, 6.45) is 2.51. The first-order valence-corrected chi connectivity index (χ1v) is 13.1. The molecule has 1 aliphatic rings. The molecule has 1 saturated carbocycles. The summed E-state index contributed by atoms with van der Waals surface area (Å²) < 4.78 is 28.4. The van der Waals surface area contributed by atoms with Gasteiger partial charge in [-0.25, -0.2) is 13.4 Å². The molecule has 0 radical (unpaired) electrons. The number of nitrogens with zero attached hydrogens (tertiary/aromatic N) is 3. The summed E-state index contributed by atoms with van der Waals surface area (Å²) in [7, 11) is -3.50. The van der Waals surface area contributed by atoms with Gasteiger partial charge in [-0.15, -0.1) is 0 Å². The Labute approximate surface area is 199 Å². The van der Waals surface area contributed by atoms with Crippen LogP contribution in [0.1, 0.15) is 50.5 Å². The number of rotatable bonds is 10. The Hall–Kier alpha value is -3.04. The number of sulfonamides is 1. The average Bonchev–Trinajstić information content (AvgIpc) is 3.67. The van der Waals surface area contributed by atoms with E-state index < -0.39 is 10.0 Å². The smallest absolute Gasteiger partial charge is 0.261 e. The van der Waals surface area contributed by atoms with Gasteiger partial charge in [-0.05, 0) is 42.7 Å². The van der Waals surface area contributed by atoms with Gasteiger partial charge in [-0.3, -0.25) is 14.2 Å². The number of aromatic nitrogens is 2. The number of nitrogens with one attached hydrogen (secondary N) is 1. The fourth-order valence-electron chi connectivity index (χ4n) is 4.08. The highest BCUT2D eigenvalue weighted by molar-refractivity contribution is 7.89. The Bertz CT molecular complexity index is 1340. The van der Waals surface area contributed by atoms with Gasteiger partial charge in [0.1, 0.15) is 5.82 Å². The van der Waals surface area contributed by atoms with Gasteiger partial charge in [0.25, 0.3) is 5.56 Å². The van der Waals surface area contributed by atoms with Crippen molar-refractivity contribution in [1.29, 1.82) is 0 Å². The highest BCUT2D eigenvalue weighted by Gasteiger charge is 2.28. The molecule has 9 heteroatoms. The Morgan fingerprint density at radius 2 is 1.76 bits per heavy atom. The molecule has 1 aliphatic carbocycles. The third-order valence-corrected chi connectivity index (χ3v) is 8.19. The second kappa shape index (κ2) is 10.1. The van der Waals surface area contributed by atoms with Crippen molar-refractivity contribution in [1.82, 2.24) is 19.2 Å². The molecule has 2 aromatic carbocycles. The number of carbonyl (C=O) groups excluding carboxylic acids is 1. The number of benzene rings is 2. The zero-order valence-corrected chi connectivity index (χ0v) is 20.3. The van der Waals surface area contributed by atoms with Crippen LogP contribution in [0.15, 0.2) is 58.2 Å². The lowest BCUT2D eigenvalue weighted by Crippen LogP contribution is -2.30. The van der Waals surface area contributed by atoms with Crippen molar-refractivity contribution in [2.45, 2.75) is 57.0 Å². The zero-order chi connectivity index (χ0) is 24.3. The minimum atomic E-state index is -3.50. The monoisotopic (exact) mass is 482 g/mol. The standard InChI is InChI=1S/C25H30N4O4S/c1-3-28(4-2)34(32,33)20-13-9-18(10-14-20)17-26-24(30)16-15-23-27-22-8-6-5-7-21(22)25(31)29(23)19-11-12-19/h5-10,13-14,19H,3-4,11-12,15-17H2,1-2H3,(H,26,30). The zero-order valence-electron chi connectivity index (χ0n) is 19.5. The highest BCUT2D eigenvalue weighted by atomic mass is 32.2. The molecule has 0 atom stereocenters. The van der Waals surface area contributed by atoms with Crippen LogP contribution in [-0.2, 0) is 27.8 Å². The third-order valence-electron chi connectivity index (χ3n) is 6.12. The number of hydrogen-bond donors (Lipinski definition) is 1. The molecule has 0 spiro atoms. The molecular weight excluding hydrogens is 452 g/mol. The first-order valence-electron chi connectivity index (χ1n) is 11.7. The summed E-state index contributed by atoms with van der Waals surface area (Å²) in [6, 6.07) is 14.0. The van der Waals surface area contributed by atoms with E-state index >= 15 is 0 Å². The van der Waals surface area contributed by atoms with Crippen LogP contribution < -0.4 is 10.9 Å². The van der Waals surface area contributed by atoms with Crippen molar-refractivity contribution in [3.8, 4) is 0 Å². The number of fused-ring (bicyclic) bond motifs is 1. The molecule has 0 bridgehead atoms. The molecule has 1 heterocycles. The maximum absolute atomic E-state index is 12.9. The molecule has 0 saturated heterocycles. The van der Waals surface area contributed by atoms with Gasteiger partial charge in [-0.2, -0.15) is 4.31 Å². The molecule has 34 heavy (non-hydrogen) atoms. The minimum Gasteiger partial charge on any atom is -0.352 e. The fourth-order valence-corrected chi connectivity index (χ4v) is 5.54. The maximum atomic E-state index is 12.9. The van der Waals surface area contributed by atoms with Crippen molar-refractivity contribution in [3.63, 3.8) is 0 Å². The van der Waals surface area contributed by atoms with Crippen LogP contribution in [0.3, 0.4) is 0 Å². The first kappa shape index (κ1) is 24.1. The van der Waals surface area contributed by atoms with Gasteiger partial charge in [-0.1, -0.05) is 38.1 Å². The van der Waals surface area contributed by atoms with Gasteiger partial charge in [0, 0.05) is 38.5 Å².